The second-order valence-electron chi connectivity index (χ2n) is 6.60. The molecule has 0 radical (unpaired) electrons. The molecule has 0 aliphatic carbocycles. The smallest absolute Gasteiger partial charge is 0.392 e. The van der Waals surface area contributed by atoms with E-state index in [1.807, 2.05) is 0 Å². The first-order valence-corrected chi connectivity index (χ1v) is 8.87. The molecule has 9 nitrogen and oxygen atoms in total. The molecule has 1 saturated heterocycles. The van der Waals surface area contributed by atoms with Gasteiger partial charge in [-0.05, 0) is 17.7 Å². The summed E-state index contributed by atoms with van der Waals surface area (Å²) >= 11 is 0. The SMILES string of the molecule is CN1C(=O)C2C(=NC(=[N+](CCO)CCO)N2Cc2ccc(F)cc2)N(C)C1=O. The number of aliphatic hydroxyl groups excluding tert-OH is 2. The first-order chi connectivity index (χ1) is 13.4. The molecule has 1 atom stereocenters. The monoisotopic (exact) mass is 392 g/mol. The number of benzene rings is 1. The van der Waals surface area contributed by atoms with Crippen LogP contribution in [0.1, 0.15) is 5.56 Å². The third-order valence-corrected chi connectivity index (χ3v) is 4.80. The Morgan fingerprint density at radius 3 is 2.25 bits per heavy atom. The number of carbonyl (C=O) groups excluding carboxylic acids is 2. The minimum absolute atomic E-state index is 0.175. The number of fused-ring (bicyclic) bond motifs is 1. The molecule has 0 aromatic heterocycles. The zero-order valence-electron chi connectivity index (χ0n) is 15.7. The van der Waals surface area contributed by atoms with Crippen molar-refractivity contribution in [1.29, 1.82) is 0 Å². The molecule has 3 rings (SSSR count). The van der Waals surface area contributed by atoms with E-state index < -0.39 is 18.0 Å². The van der Waals surface area contributed by atoms with Crippen molar-refractivity contribution >= 4 is 23.7 Å². The average Bonchev–Trinajstić information content (AvgIpc) is 3.05. The largest absolute Gasteiger partial charge is 0.393 e. The molecular formula is C18H23FN5O4+. The van der Waals surface area contributed by atoms with Crippen molar-refractivity contribution in [1.82, 2.24) is 14.7 Å². The molecule has 2 N–H and O–H groups in total. The Kier molecular flexibility index (Phi) is 5.71. The van der Waals surface area contributed by atoms with Crippen LogP contribution in [-0.2, 0) is 11.3 Å². The third kappa shape index (κ3) is 3.48. The lowest BCUT2D eigenvalue weighted by Gasteiger charge is -2.33. The summed E-state index contributed by atoms with van der Waals surface area (Å²) in [6.45, 7) is 0.280. The maximum Gasteiger partial charge on any atom is 0.392 e. The highest BCUT2D eigenvalue weighted by molar-refractivity contribution is 6.25. The number of aliphatic imine (C=N–C) groups is 1. The van der Waals surface area contributed by atoms with Crippen LogP contribution in [0.4, 0.5) is 9.18 Å². The van der Waals surface area contributed by atoms with Crippen LogP contribution < -0.4 is 0 Å². The maximum atomic E-state index is 13.3. The predicted octanol–water partition coefficient (Wildman–Crippen LogP) is -0.715. The van der Waals surface area contributed by atoms with Crippen LogP contribution in [0.25, 0.3) is 0 Å². The van der Waals surface area contributed by atoms with Gasteiger partial charge in [0, 0.05) is 14.1 Å². The standard InChI is InChI=1S/C18H23FN5O4/c1-21-15-14(16(27)22(2)18(21)28)24(11-12-3-5-13(19)6-4-12)17(20-15)23(7-9-25)8-10-26/h3-6,14,25-26H,7-11H2,1-2H3/q+1. The van der Waals surface area contributed by atoms with Gasteiger partial charge < -0.3 is 10.2 Å². The topological polar surface area (TPSA) is 99.7 Å². The van der Waals surface area contributed by atoms with Crippen molar-refractivity contribution in [2.75, 3.05) is 40.4 Å². The fourth-order valence-electron chi connectivity index (χ4n) is 3.34. The number of urea groups is 1. The Hall–Kier alpha value is -2.85. The minimum atomic E-state index is -0.826. The molecule has 28 heavy (non-hydrogen) atoms. The van der Waals surface area contributed by atoms with E-state index in [1.54, 1.807) is 28.7 Å². The summed E-state index contributed by atoms with van der Waals surface area (Å²) in [5.41, 5.74) is 0.748. The van der Waals surface area contributed by atoms with Gasteiger partial charge in [0.15, 0.2) is 0 Å². The molecule has 2 aliphatic rings. The number of imide groups is 1. The Morgan fingerprint density at radius 2 is 1.68 bits per heavy atom. The molecule has 1 unspecified atom stereocenters. The van der Waals surface area contributed by atoms with E-state index in [-0.39, 0.29) is 44.5 Å². The quantitative estimate of drug-likeness (QED) is 0.623. The lowest BCUT2D eigenvalue weighted by atomic mass is 10.1. The number of likely N-dealkylation sites (N-methyl/N-ethyl adjacent to an activating group) is 2. The minimum Gasteiger partial charge on any atom is -0.393 e. The molecule has 0 saturated carbocycles. The lowest BCUT2D eigenvalue weighted by Crippen LogP contribution is -2.62. The highest BCUT2D eigenvalue weighted by Gasteiger charge is 2.55. The number of amidine groups is 1. The van der Waals surface area contributed by atoms with Gasteiger partial charge in [0.2, 0.25) is 11.9 Å². The van der Waals surface area contributed by atoms with Crippen molar-refractivity contribution in [3.63, 3.8) is 0 Å². The number of aliphatic hydroxyl groups is 2. The van der Waals surface area contributed by atoms with E-state index >= 15 is 0 Å². The fourth-order valence-corrected chi connectivity index (χ4v) is 3.34. The first-order valence-electron chi connectivity index (χ1n) is 8.87. The van der Waals surface area contributed by atoms with Crippen LogP contribution in [0.3, 0.4) is 0 Å². The number of hydrogen-bond acceptors (Lipinski definition) is 4. The van der Waals surface area contributed by atoms with Gasteiger partial charge in [-0.25, -0.2) is 14.1 Å². The summed E-state index contributed by atoms with van der Waals surface area (Å²) in [6.07, 6.45) is 0. The first kappa shape index (κ1) is 19.9. The van der Waals surface area contributed by atoms with Gasteiger partial charge in [-0.1, -0.05) is 17.1 Å². The number of nitrogens with zero attached hydrogens (tertiary/aromatic N) is 5. The van der Waals surface area contributed by atoms with Crippen molar-refractivity contribution in [2.24, 2.45) is 4.99 Å². The average molecular weight is 392 g/mol. The van der Waals surface area contributed by atoms with Crippen molar-refractivity contribution in [2.45, 2.75) is 12.6 Å². The van der Waals surface area contributed by atoms with E-state index in [4.69, 9.17) is 0 Å². The molecule has 2 aliphatic heterocycles. The fraction of sp³-hybridized carbons (Fsp3) is 0.444. The second kappa shape index (κ2) is 8.03. The number of guanidine groups is 1. The Bertz CT molecular complexity index is 831. The van der Waals surface area contributed by atoms with Crippen molar-refractivity contribution in [3.05, 3.63) is 35.6 Å². The highest BCUT2D eigenvalue weighted by atomic mass is 19.1. The van der Waals surface area contributed by atoms with E-state index in [0.717, 1.165) is 10.5 Å². The van der Waals surface area contributed by atoms with Crippen LogP contribution in [-0.4, -0.2) is 99.7 Å². The molecular weight excluding hydrogens is 369 g/mol. The molecule has 1 aromatic rings. The Labute approximate surface area is 161 Å². The number of carbonyl (C=O) groups is 2. The van der Waals surface area contributed by atoms with Gasteiger partial charge in [-0.15, -0.1) is 0 Å². The molecule has 2 heterocycles. The van der Waals surface area contributed by atoms with Crippen LogP contribution in [0.15, 0.2) is 29.3 Å². The van der Waals surface area contributed by atoms with Crippen LogP contribution in [0, 0.1) is 5.82 Å². The predicted molar refractivity (Wildman–Crippen MR) is 98.3 cm³/mol. The van der Waals surface area contributed by atoms with Gasteiger partial charge in [0.1, 0.15) is 5.82 Å². The van der Waals surface area contributed by atoms with Crippen molar-refractivity contribution < 1.29 is 28.8 Å². The van der Waals surface area contributed by atoms with Crippen LogP contribution >= 0.6 is 0 Å². The zero-order chi connectivity index (χ0) is 20.4. The summed E-state index contributed by atoms with van der Waals surface area (Å²) in [6, 6.07) is 4.57. The maximum absolute atomic E-state index is 13.3. The molecule has 0 bridgehead atoms. The summed E-state index contributed by atoms with van der Waals surface area (Å²) in [5.74, 6) is -0.138. The lowest BCUT2D eigenvalue weighted by molar-refractivity contribution is -0.537. The normalized spacial score (nSPS) is 19.3. The molecule has 10 heteroatoms. The molecule has 1 fully saturated rings. The summed E-state index contributed by atoms with van der Waals surface area (Å²) in [4.78, 5) is 33.7. The number of hydrogen-bond donors (Lipinski definition) is 2. The van der Waals surface area contributed by atoms with E-state index in [9.17, 15) is 24.2 Å². The zero-order valence-corrected chi connectivity index (χ0v) is 15.7. The molecule has 1 aromatic carbocycles. The van der Waals surface area contributed by atoms with Gasteiger partial charge in [-0.2, -0.15) is 0 Å². The number of amides is 3. The number of rotatable bonds is 6. The van der Waals surface area contributed by atoms with E-state index in [0.29, 0.717) is 5.96 Å². The summed E-state index contributed by atoms with van der Waals surface area (Å²) in [7, 11) is 2.95. The summed E-state index contributed by atoms with van der Waals surface area (Å²) in [5, 5.41) is 18.8. The van der Waals surface area contributed by atoms with Gasteiger partial charge in [0.25, 0.3) is 5.91 Å². The van der Waals surface area contributed by atoms with Gasteiger partial charge in [-0.3, -0.25) is 19.2 Å². The Balaban J connectivity index is 2.08. The molecule has 3 amide bonds. The molecule has 0 spiro atoms. The van der Waals surface area contributed by atoms with E-state index in [1.165, 1.54) is 24.1 Å². The molecule has 150 valence electrons. The van der Waals surface area contributed by atoms with Gasteiger partial charge in [0.05, 0.1) is 32.8 Å². The van der Waals surface area contributed by atoms with Crippen LogP contribution in [0.2, 0.25) is 0 Å². The number of halogens is 1. The second-order valence-corrected chi connectivity index (χ2v) is 6.60. The van der Waals surface area contributed by atoms with E-state index in [2.05, 4.69) is 4.99 Å². The summed E-state index contributed by atoms with van der Waals surface area (Å²) < 4.78 is 14.9. The van der Waals surface area contributed by atoms with Crippen molar-refractivity contribution in [3.8, 4) is 0 Å². The van der Waals surface area contributed by atoms with Crippen LogP contribution in [0.5, 0.6) is 0 Å². The Morgan fingerprint density at radius 1 is 1.07 bits per heavy atom. The highest BCUT2D eigenvalue weighted by Crippen LogP contribution is 2.25. The van der Waals surface area contributed by atoms with Gasteiger partial charge >= 0.3 is 12.0 Å². The third-order valence-electron chi connectivity index (χ3n) is 4.80.